The van der Waals surface area contributed by atoms with Gasteiger partial charge in [-0.2, -0.15) is 0 Å². The first-order valence-electron chi connectivity index (χ1n) is 9.38. The number of nitro groups is 1. The van der Waals surface area contributed by atoms with E-state index in [0.29, 0.717) is 52.3 Å². The zero-order chi connectivity index (χ0) is 22.9. The second kappa shape index (κ2) is 10.1. The molecule has 0 radical (unpaired) electrons. The molecule has 0 bridgehead atoms. The third-order valence-electron chi connectivity index (χ3n) is 5.19. The van der Waals surface area contributed by atoms with Gasteiger partial charge in [-0.25, -0.2) is 0 Å². The number of halogens is 5. The van der Waals surface area contributed by atoms with Crippen molar-refractivity contribution in [2.24, 2.45) is 0 Å². The molecule has 170 valence electrons. The fourth-order valence-corrected chi connectivity index (χ4v) is 5.78. The average Bonchev–Trinajstić information content (AvgIpc) is 2.66. The van der Waals surface area contributed by atoms with Crippen LogP contribution in [0.5, 0.6) is 5.75 Å². The number of ketones is 1. The second-order valence-corrected chi connectivity index (χ2v) is 11.5. The highest BCUT2D eigenvalue weighted by molar-refractivity contribution is 9.11. The van der Waals surface area contributed by atoms with Crippen LogP contribution in [0.2, 0.25) is 0 Å². The summed E-state index contributed by atoms with van der Waals surface area (Å²) in [5.41, 5.74) is 1.27. The number of ether oxygens (including phenoxy) is 2. The molecular weight excluding hydrogens is 602 g/mol. The van der Waals surface area contributed by atoms with Gasteiger partial charge in [-0.3, -0.25) is 14.9 Å². The number of carbonyl (C=O) groups is 1. The third kappa shape index (κ3) is 5.86. The van der Waals surface area contributed by atoms with E-state index in [1.165, 1.54) is 13.0 Å². The standard InChI is InChI=1S/C19H19Br2Cl3N2O5/c1-10(27)6-12(25-2-4-30-5-3-25)9-13-14-7-11(20)8-15(21)17(14)31-18(19(22,23)24)16(13)26(28)29/h6-8,13,16,18H,2-5,9H2,1H3/b12-6+/t13-,16-,18-/m1/s1. The number of nitrogens with zero attached hydrogens (tertiary/aromatic N) is 2. The molecule has 0 N–H and O–H groups in total. The molecular formula is C19H19Br2Cl3N2O5. The first-order chi connectivity index (χ1) is 14.5. The van der Waals surface area contributed by atoms with Crippen LogP contribution < -0.4 is 4.74 Å². The molecule has 0 unspecified atom stereocenters. The fourth-order valence-electron chi connectivity index (χ4n) is 3.91. The monoisotopic (exact) mass is 618 g/mol. The van der Waals surface area contributed by atoms with Crippen molar-refractivity contribution in [2.75, 3.05) is 26.3 Å². The Morgan fingerprint density at radius 3 is 2.52 bits per heavy atom. The molecule has 7 nitrogen and oxygen atoms in total. The summed E-state index contributed by atoms with van der Waals surface area (Å²) in [6, 6.07) is 2.17. The van der Waals surface area contributed by atoms with Crippen LogP contribution in [0.1, 0.15) is 24.8 Å². The van der Waals surface area contributed by atoms with Gasteiger partial charge in [0.05, 0.1) is 23.6 Å². The molecule has 2 aliphatic rings. The molecule has 0 aliphatic carbocycles. The van der Waals surface area contributed by atoms with Crippen molar-refractivity contribution in [3.05, 3.63) is 48.5 Å². The number of carbonyl (C=O) groups excluding carboxylic acids is 1. The number of allylic oxidation sites excluding steroid dienone is 2. The minimum absolute atomic E-state index is 0.153. The molecule has 1 aromatic rings. The Labute approximate surface area is 211 Å². The van der Waals surface area contributed by atoms with Gasteiger partial charge in [0.1, 0.15) is 5.75 Å². The molecule has 3 atom stereocenters. The van der Waals surface area contributed by atoms with E-state index in [0.717, 1.165) is 0 Å². The summed E-state index contributed by atoms with van der Waals surface area (Å²) in [5.74, 6) is -0.479. The van der Waals surface area contributed by atoms with Gasteiger partial charge in [0.15, 0.2) is 5.78 Å². The van der Waals surface area contributed by atoms with E-state index in [1.807, 2.05) is 4.90 Å². The van der Waals surface area contributed by atoms with Crippen LogP contribution in [-0.4, -0.2) is 57.8 Å². The van der Waals surface area contributed by atoms with E-state index in [2.05, 4.69) is 31.9 Å². The number of hydrogen-bond donors (Lipinski definition) is 0. The van der Waals surface area contributed by atoms with Crippen LogP contribution >= 0.6 is 66.7 Å². The zero-order valence-corrected chi connectivity index (χ0v) is 21.8. The predicted octanol–water partition coefficient (Wildman–Crippen LogP) is 5.27. The van der Waals surface area contributed by atoms with Crippen LogP contribution in [0.25, 0.3) is 0 Å². The molecule has 31 heavy (non-hydrogen) atoms. The van der Waals surface area contributed by atoms with Crippen molar-refractivity contribution in [2.45, 2.75) is 35.2 Å². The summed E-state index contributed by atoms with van der Waals surface area (Å²) in [4.78, 5) is 25.7. The molecule has 0 spiro atoms. The van der Waals surface area contributed by atoms with Crippen molar-refractivity contribution in [3.8, 4) is 5.75 Å². The summed E-state index contributed by atoms with van der Waals surface area (Å²) in [6.45, 7) is 3.61. The number of benzene rings is 1. The lowest BCUT2D eigenvalue weighted by molar-refractivity contribution is -0.538. The van der Waals surface area contributed by atoms with E-state index in [1.54, 1.807) is 12.1 Å². The fraction of sp³-hybridized carbons (Fsp3) is 0.526. The van der Waals surface area contributed by atoms with Gasteiger partial charge in [0, 0.05) is 40.2 Å². The van der Waals surface area contributed by atoms with E-state index < -0.39 is 26.8 Å². The highest BCUT2D eigenvalue weighted by Gasteiger charge is 2.55. The van der Waals surface area contributed by atoms with Crippen molar-refractivity contribution < 1.29 is 19.2 Å². The van der Waals surface area contributed by atoms with Crippen molar-refractivity contribution in [3.63, 3.8) is 0 Å². The summed E-state index contributed by atoms with van der Waals surface area (Å²) < 4.78 is 10.5. The Kier molecular flexibility index (Phi) is 8.19. The van der Waals surface area contributed by atoms with Gasteiger partial charge in [-0.05, 0) is 41.1 Å². The lowest BCUT2D eigenvalue weighted by Crippen LogP contribution is -2.52. The summed E-state index contributed by atoms with van der Waals surface area (Å²) >= 11 is 25.2. The van der Waals surface area contributed by atoms with Crippen LogP contribution in [0, 0.1) is 10.1 Å². The van der Waals surface area contributed by atoms with Crippen LogP contribution in [-0.2, 0) is 9.53 Å². The maximum absolute atomic E-state index is 12.2. The Balaban J connectivity index is 2.13. The minimum Gasteiger partial charge on any atom is -0.477 e. The molecule has 3 rings (SSSR count). The summed E-state index contributed by atoms with van der Waals surface area (Å²) in [7, 11) is 0. The largest absolute Gasteiger partial charge is 0.477 e. The maximum Gasteiger partial charge on any atom is 0.260 e. The van der Waals surface area contributed by atoms with Gasteiger partial charge in [0.2, 0.25) is 9.90 Å². The predicted molar refractivity (Wildman–Crippen MR) is 126 cm³/mol. The Morgan fingerprint density at radius 1 is 1.32 bits per heavy atom. The lowest BCUT2D eigenvalue weighted by atomic mass is 9.82. The quantitative estimate of drug-likeness (QED) is 0.193. The molecule has 0 amide bonds. The Hall–Kier alpha value is -0.580. The number of hydrogen-bond acceptors (Lipinski definition) is 6. The third-order valence-corrected chi connectivity index (χ3v) is 6.88. The van der Waals surface area contributed by atoms with E-state index >= 15 is 0 Å². The number of alkyl halides is 3. The molecule has 2 aliphatic heterocycles. The van der Waals surface area contributed by atoms with Crippen molar-refractivity contribution in [1.82, 2.24) is 4.90 Å². The van der Waals surface area contributed by atoms with Crippen molar-refractivity contribution in [1.29, 1.82) is 0 Å². The van der Waals surface area contributed by atoms with Crippen LogP contribution in [0.15, 0.2) is 32.9 Å². The number of morpholine rings is 1. The summed E-state index contributed by atoms with van der Waals surface area (Å²) in [5, 5.41) is 12.2. The van der Waals surface area contributed by atoms with Gasteiger partial charge in [-0.1, -0.05) is 50.7 Å². The van der Waals surface area contributed by atoms with Gasteiger partial charge >= 0.3 is 0 Å². The Bertz CT molecular complexity index is 903. The molecule has 1 fully saturated rings. The second-order valence-electron chi connectivity index (χ2n) is 7.32. The molecule has 2 heterocycles. The van der Waals surface area contributed by atoms with Crippen molar-refractivity contribution >= 4 is 72.4 Å². The van der Waals surface area contributed by atoms with E-state index in [9.17, 15) is 14.9 Å². The average molecular weight is 622 g/mol. The SMILES string of the molecule is CC(=O)/C=C(\C[C@@H]1c2cc(Br)cc(Br)c2O[C@@H](C(Cl)(Cl)Cl)[C@@H]1[N+](=O)[O-])N1CCOCC1. The molecule has 0 aromatic heterocycles. The maximum atomic E-state index is 12.2. The smallest absolute Gasteiger partial charge is 0.260 e. The number of rotatable bonds is 5. The highest BCUT2D eigenvalue weighted by atomic mass is 79.9. The molecule has 0 saturated carbocycles. The molecule has 1 saturated heterocycles. The lowest BCUT2D eigenvalue weighted by Gasteiger charge is -2.39. The summed E-state index contributed by atoms with van der Waals surface area (Å²) in [6.07, 6.45) is 0.377. The molecule has 12 heteroatoms. The highest BCUT2D eigenvalue weighted by Crippen LogP contribution is 2.50. The zero-order valence-electron chi connectivity index (χ0n) is 16.3. The van der Waals surface area contributed by atoms with E-state index in [-0.39, 0.29) is 12.2 Å². The topological polar surface area (TPSA) is 81.9 Å². The number of fused-ring (bicyclic) bond motifs is 1. The van der Waals surface area contributed by atoms with E-state index in [4.69, 9.17) is 44.3 Å². The van der Waals surface area contributed by atoms with Crippen LogP contribution in [0.4, 0.5) is 0 Å². The van der Waals surface area contributed by atoms with Gasteiger partial charge in [0.25, 0.3) is 6.04 Å². The van der Waals surface area contributed by atoms with Gasteiger partial charge in [-0.15, -0.1) is 0 Å². The normalized spacial score (nSPS) is 24.4. The van der Waals surface area contributed by atoms with Crippen LogP contribution in [0.3, 0.4) is 0 Å². The first kappa shape index (κ1) is 25.1. The first-order valence-corrected chi connectivity index (χ1v) is 12.1. The molecule has 1 aromatic carbocycles. The Morgan fingerprint density at radius 2 is 1.97 bits per heavy atom. The van der Waals surface area contributed by atoms with Gasteiger partial charge < -0.3 is 14.4 Å². The minimum atomic E-state index is -2.04.